The summed E-state index contributed by atoms with van der Waals surface area (Å²) >= 11 is 0. The standard InChI is InChI=1S/C9H17NO/c1-2-3-4-9(11)8-5-7(8)6-10/h7-8H,2-6,10H2,1H3/t7-,8-/m1/s1. The highest BCUT2D eigenvalue weighted by Crippen LogP contribution is 2.39. The molecule has 0 spiro atoms. The summed E-state index contributed by atoms with van der Waals surface area (Å²) in [7, 11) is 0. The van der Waals surface area contributed by atoms with Crippen molar-refractivity contribution in [3.63, 3.8) is 0 Å². The number of hydrogen-bond acceptors (Lipinski definition) is 2. The Morgan fingerprint density at radius 1 is 1.64 bits per heavy atom. The van der Waals surface area contributed by atoms with E-state index >= 15 is 0 Å². The minimum Gasteiger partial charge on any atom is -0.330 e. The first-order valence-corrected chi connectivity index (χ1v) is 4.52. The summed E-state index contributed by atoms with van der Waals surface area (Å²) in [6.07, 6.45) is 4.00. The van der Waals surface area contributed by atoms with Crippen molar-refractivity contribution < 1.29 is 4.79 Å². The fourth-order valence-corrected chi connectivity index (χ4v) is 1.44. The van der Waals surface area contributed by atoms with Gasteiger partial charge in [-0.25, -0.2) is 0 Å². The maximum atomic E-state index is 11.3. The molecule has 0 heterocycles. The van der Waals surface area contributed by atoms with E-state index in [0.29, 0.717) is 24.2 Å². The van der Waals surface area contributed by atoms with Crippen LogP contribution in [-0.2, 0) is 4.79 Å². The van der Waals surface area contributed by atoms with Crippen LogP contribution in [0.15, 0.2) is 0 Å². The summed E-state index contributed by atoms with van der Waals surface area (Å²) < 4.78 is 0. The van der Waals surface area contributed by atoms with E-state index in [1.807, 2.05) is 0 Å². The van der Waals surface area contributed by atoms with Crippen molar-refractivity contribution in [1.29, 1.82) is 0 Å². The van der Waals surface area contributed by atoms with Gasteiger partial charge < -0.3 is 5.73 Å². The summed E-state index contributed by atoms with van der Waals surface area (Å²) in [5.41, 5.74) is 5.44. The highest BCUT2D eigenvalue weighted by Gasteiger charge is 2.40. The predicted octanol–water partition coefficient (Wildman–Crippen LogP) is 1.34. The predicted molar refractivity (Wildman–Crippen MR) is 45.2 cm³/mol. The SMILES string of the molecule is CCCCC(=O)[C@@H]1C[C@@H]1CN. The van der Waals surface area contributed by atoms with Crippen molar-refractivity contribution in [3.05, 3.63) is 0 Å². The van der Waals surface area contributed by atoms with Gasteiger partial charge in [0.1, 0.15) is 5.78 Å². The molecular weight excluding hydrogens is 138 g/mol. The number of carbonyl (C=O) groups excluding carboxylic acids is 1. The van der Waals surface area contributed by atoms with E-state index in [1.165, 1.54) is 0 Å². The van der Waals surface area contributed by atoms with Gasteiger partial charge >= 0.3 is 0 Å². The Morgan fingerprint density at radius 3 is 2.82 bits per heavy atom. The van der Waals surface area contributed by atoms with Crippen LogP contribution in [0.3, 0.4) is 0 Å². The summed E-state index contributed by atoms with van der Waals surface area (Å²) in [5, 5.41) is 0. The van der Waals surface area contributed by atoms with Gasteiger partial charge in [-0.15, -0.1) is 0 Å². The molecule has 0 aromatic carbocycles. The van der Waals surface area contributed by atoms with E-state index in [2.05, 4.69) is 6.92 Å². The van der Waals surface area contributed by atoms with Gasteiger partial charge in [0.2, 0.25) is 0 Å². The van der Waals surface area contributed by atoms with Gasteiger partial charge in [-0.3, -0.25) is 4.79 Å². The number of carbonyl (C=O) groups is 1. The average Bonchev–Trinajstić information content (AvgIpc) is 2.78. The summed E-state index contributed by atoms with van der Waals surface area (Å²) in [4.78, 5) is 11.3. The van der Waals surface area contributed by atoms with Crippen LogP contribution in [0.4, 0.5) is 0 Å². The number of ketones is 1. The van der Waals surface area contributed by atoms with E-state index in [-0.39, 0.29) is 0 Å². The lowest BCUT2D eigenvalue weighted by Gasteiger charge is -1.96. The smallest absolute Gasteiger partial charge is 0.136 e. The van der Waals surface area contributed by atoms with Crippen molar-refractivity contribution >= 4 is 5.78 Å². The number of hydrogen-bond donors (Lipinski definition) is 1. The van der Waals surface area contributed by atoms with Gasteiger partial charge in [0.05, 0.1) is 0 Å². The molecule has 0 radical (unpaired) electrons. The Balaban J connectivity index is 2.12. The van der Waals surface area contributed by atoms with Crippen molar-refractivity contribution in [2.24, 2.45) is 17.6 Å². The van der Waals surface area contributed by atoms with Crippen LogP contribution in [0.2, 0.25) is 0 Å². The summed E-state index contributed by atoms with van der Waals surface area (Å²) in [6, 6.07) is 0. The highest BCUT2D eigenvalue weighted by molar-refractivity contribution is 5.83. The Bertz CT molecular complexity index is 144. The second-order valence-corrected chi connectivity index (χ2v) is 3.41. The lowest BCUT2D eigenvalue weighted by atomic mass is 10.1. The van der Waals surface area contributed by atoms with Crippen molar-refractivity contribution in [2.45, 2.75) is 32.6 Å². The first-order valence-electron chi connectivity index (χ1n) is 4.52. The molecule has 1 aliphatic rings. The van der Waals surface area contributed by atoms with Crippen molar-refractivity contribution in [3.8, 4) is 0 Å². The van der Waals surface area contributed by atoms with Gasteiger partial charge in [0, 0.05) is 12.3 Å². The van der Waals surface area contributed by atoms with Crippen molar-refractivity contribution in [2.75, 3.05) is 6.54 Å². The molecule has 0 saturated heterocycles. The molecule has 0 aromatic rings. The third-order valence-electron chi connectivity index (χ3n) is 2.42. The molecule has 2 N–H and O–H groups in total. The largest absolute Gasteiger partial charge is 0.330 e. The van der Waals surface area contributed by atoms with E-state index < -0.39 is 0 Å². The molecule has 1 saturated carbocycles. The fraction of sp³-hybridized carbons (Fsp3) is 0.889. The van der Waals surface area contributed by atoms with Gasteiger partial charge in [-0.05, 0) is 25.3 Å². The molecule has 0 amide bonds. The molecule has 1 aliphatic carbocycles. The number of rotatable bonds is 5. The highest BCUT2D eigenvalue weighted by atomic mass is 16.1. The molecule has 2 heteroatoms. The minimum absolute atomic E-state index is 0.339. The van der Waals surface area contributed by atoms with Crippen LogP contribution in [-0.4, -0.2) is 12.3 Å². The fourth-order valence-electron chi connectivity index (χ4n) is 1.44. The quantitative estimate of drug-likeness (QED) is 0.651. The van der Waals surface area contributed by atoms with Gasteiger partial charge in [0.15, 0.2) is 0 Å². The monoisotopic (exact) mass is 155 g/mol. The molecule has 1 rings (SSSR count). The van der Waals surface area contributed by atoms with Gasteiger partial charge in [0.25, 0.3) is 0 Å². The lowest BCUT2D eigenvalue weighted by Crippen LogP contribution is -2.08. The molecule has 1 fully saturated rings. The molecule has 0 bridgehead atoms. The molecule has 2 atom stereocenters. The zero-order chi connectivity index (χ0) is 8.27. The van der Waals surface area contributed by atoms with Crippen molar-refractivity contribution in [1.82, 2.24) is 0 Å². The van der Waals surface area contributed by atoms with E-state index in [4.69, 9.17) is 5.73 Å². The van der Waals surface area contributed by atoms with Crippen LogP contribution < -0.4 is 5.73 Å². The second-order valence-electron chi connectivity index (χ2n) is 3.41. The average molecular weight is 155 g/mol. The second kappa shape index (κ2) is 3.86. The van der Waals surface area contributed by atoms with E-state index in [0.717, 1.165) is 25.7 Å². The number of Topliss-reactive ketones (excluding diaryl/α,β-unsaturated/α-hetero) is 1. The maximum Gasteiger partial charge on any atom is 0.136 e. The first-order chi connectivity index (χ1) is 5.29. The van der Waals surface area contributed by atoms with Crippen LogP contribution in [0, 0.1) is 11.8 Å². The van der Waals surface area contributed by atoms with Crippen LogP contribution in [0.25, 0.3) is 0 Å². The third-order valence-corrected chi connectivity index (χ3v) is 2.42. The molecule has 64 valence electrons. The maximum absolute atomic E-state index is 11.3. The summed E-state index contributed by atoms with van der Waals surface area (Å²) in [5.74, 6) is 1.31. The van der Waals surface area contributed by atoms with Crippen LogP contribution in [0.1, 0.15) is 32.6 Å². The van der Waals surface area contributed by atoms with Gasteiger partial charge in [-0.2, -0.15) is 0 Å². The van der Waals surface area contributed by atoms with Crippen LogP contribution in [0.5, 0.6) is 0 Å². The third kappa shape index (κ3) is 2.29. The Morgan fingerprint density at radius 2 is 2.36 bits per heavy atom. The molecule has 11 heavy (non-hydrogen) atoms. The minimum atomic E-state index is 0.339. The summed E-state index contributed by atoms with van der Waals surface area (Å²) in [6.45, 7) is 2.81. The molecule has 2 nitrogen and oxygen atoms in total. The van der Waals surface area contributed by atoms with E-state index in [9.17, 15) is 4.79 Å². The first kappa shape index (κ1) is 8.72. The molecule has 0 aliphatic heterocycles. The lowest BCUT2D eigenvalue weighted by molar-refractivity contribution is -0.120. The molecular formula is C9H17NO. The Kier molecular flexibility index (Phi) is 3.06. The molecule has 0 unspecified atom stereocenters. The topological polar surface area (TPSA) is 43.1 Å². The Labute approximate surface area is 68.2 Å². The van der Waals surface area contributed by atoms with Gasteiger partial charge in [-0.1, -0.05) is 13.3 Å². The normalized spacial score (nSPS) is 28.5. The number of unbranched alkanes of at least 4 members (excludes halogenated alkanes) is 1. The zero-order valence-electron chi connectivity index (χ0n) is 7.18. The Hall–Kier alpha value is -0.370. The molecule has 0 aromatic heterocycles. The van der Waals surface area contributed by atoms with E-state index in [1.54, 1.807) is 0 Å². The zero-order valence-corrected chi connectivity index (χ0v) is 7.18. The number of nitrogens with two attached hydrogens (primary N) is 1. The van der Waals surface area contributed by atoms with Crippen LogP contribution >= 0.6 is 0 Å².